The van der Waals surface area contributed by atoms with Crippen LogP contribution in [0.25, 0.3) is 10.6 Å². The summed E-state index contributed by atoms with van der Waals surface area (Å²) >= 11 is 4.82. The molecule has 0 atom stereocenters. The summed E-state index contributed by atoms with van der Waals surface area (Å²) in [4.78, 5) is 14.0. The number of carbonyl (C=O) groups excluding carboxylic acids is 1. The van der Waals surface area contributed by atoms with Crippen LogP contribution in [0.15, 0.2) is 53.0 Å². The normalized spacial score (nSPS) is 10.6. The number of nitrogens with zero attached hydrogens (tertiary/aromatic N) is 3. The summed E-state index contributed by atoms with van der Waals surface area (Å²) < 4.78 is 6.68. The quantitative estimate of drug-likeness (QED) is 0.474. The van der Waals surface area contributed by atoms with E-state index < -0.39 is 0 Å². The maximum atomic E-state index is 12.4. The van der Waals surface area contributed by atoms with Crippen LogP contribution in [0.5, 0.6) is 5.75 Å². The molecule has 0 aliphatic heterocycles. The maximum Gasteiger partial charge on any atom is 0.228 e. The molecule has 0 aliphatic carbocycles. The molecule has 0 bridgehead atoms. The summed E-state index contributed by atoms with van der Waals surface area (Å²) in [7, 11) is 1.73. The number of carbonyl (C=O) groups is 1. The van der Waals surface area contributed by atoms with Gasteiger partial charge in [0, 0.05) is 23.5 Å². The van der Waals surface area contributed by atoms with E-state index in [1.807, 2.05) is 55.5 Å². The van der Waals surface area contributed by atoms with Crippen LogP contribution in [0, 0.1) is 6.92 Å². The molecule has 1 heterocycles. The average Bonchev–Trinajstić information content (AvgIpc) is 3.16. The molecule has 0 unspecified atom stereocenters. The van der Waals surface area contributed by atoms with Gasteiger partial charge in [0.1, 0.15) is 10.8 Å². The molecule has 2 aromatic carbocycles. The maximum absolute atomic E-state index is 12.4. The molecule has 0 spiro atoms. The van der Waals surface area contributed by atoms with Crippen LogP contribution < -0.4 is 9.64 Å². The summed E-state index contributed by atoms with van der Waals surface area (Å²) in [5, 5.41) is 9.73. The lowest BCUT2D eigenvalue weighted by Gasteiger charge is -2.13. The smallest absolute Gasteiger partial charge is 0.228 e. The van der Waals surface area contributed by atoms with Gasteiger partial charge in [-0.3, -0.25) is 9.69 Å². The number of hydrogen-bond donors (Lipinski definition) is 0. The number of halogens is 1. The molecule has 1 aromatic heterocycles. The third-order valence-corrected chi connectivity index (χ3v) is 5.57. The minimum Gasteiger partial charge on any atom is -0.494 e. The molecule has 0 aliphatic rings. The van der Waals surface area contributed by atoms with Crippen molar-refractivity contribution >= 4 is 38.3 Å². The first-order valence-electron chi connectivity index (χ1n) is 8.58. The van der Waals surface area contributed by atoms with Crippen LogP contribution in [-0.4, -0.2) is 29.8 Å². The Hall–Kier alpha value is -2.25. The monoisotopic (exact) mass is 445 g/mol. The lowest BCUT2D eigenvalue weighted by atomic mass is 10.2. The van der Waals surface area contributed by atoms with Crippen molar-refractivity contribution in [2.24, 2.45) is 0 Å². The Balaban J connectivity index is 1.50. The van der Waals surface area contributed by atoms with Gasteiger partial charge in [-0.2, -0.15) is 0 Å². The van der Waals surface area contributed by atoms with E-state index in [0.29, 0.717) is 24.6 Å². The molecule has 3 rings (SSSR count). The molecular formula is C20H20BrN3O2S. The van der Waals surface area contributed by atoms with Gasteiger partial charge in [-0.05, 0) is 37.6 Å². The first kappa shape index (κ1) is 19.5. The van der Waals surface area contributed by atoms with Gasteiger partial charge in [-0.25, -0.2) is 0 Å². The second kappa shape index (κ2) is 9.10. The molecule has 0 N–H and O–H groups in total. The second-order valence-electron chi connectivity index (χ2n) is 6.11. The fourth-order valence-corrected chi connectivity index (χ4v) is 3.48. The van der Waals surface area contributed by atoms with E-state index in [0.717, 1.165) is 20.8 Å². The SMILES string of the molecule is Cc1ccc(OCCCC(=O)N(C)c2nnc(-c3ccc(Br)cc3)s2)cc1. The molecule has 3 aromatic rings. The first-order chi connectivity index (χ1) is 13.0. The predicted molar refractivity (Wildman–Crippen MR) is 112 cm³/mol. The molecular weight excluding hydrogens is 426 g/mol. The van der Waals surface area contributed by atoms with Crippen LogP contribution in [0.1, 0.15) is 18.4 Å². The van der Waals surface area contributed by atoms with Gasteiger partial charge in [-0.15, -0.1) is 10.2 Å². The second-order valence-corrected chi connectivity index (χ2v) is 7.99. The van der Waals surface area contributed by atoms with E-state index >= 15 is 0 Å². The topological polar surface area (TPSA) is 55.3 Å². The van der Waals surface area contributed by atoms with Crippen molar-refractivity contribution in [3.8, 4) is 16.3 Å². The van der Waals surface area contributed by atoms with Crippen molar-refractivity contribution in [2.45, 2.75) is 19.8 Å². The molecule has 5 nitrogen and oxygen atoms in total. The number of hydrogen-bond acceptors (Lipinski definition) is 5. The summed E-state index contributed by atoms with van der Waals surface area (Å²) in [5.74, 6) is 0.825. The molecule has 7 heteroatoms. The first-order valence-corrected chi connectivity index (χ1v) is 10.2. The Kier molecular flexibility index (Phi) is 6.58. The van der Waals surface area contributed by atoms with E-state index in [1.165, 1.54) is 16.9 Å². The number of aryl methyl sites for hydroxylation is 1. The van der Waals surface area contributed by atoms with Gasteiger partial charge >= 0.3 is 0 Å². The van der Waals surface area contributed by atoms with Gasteiger partial charge < -0.3 is 4.74 Å². The van der Waals surface area contributed by atoms with Gasteiger partial charge in [0.2, 0.25) is 11.0 Å². The third kappa shape index (κ3) is 5.37. The molecule has 0 fully saturated rings. The van der Waals surface area contributed by atoms with Crippen molar-refractivity contribution in [1.29, 1.82) is 0 Å². The summed E-state index contributed by atoms with van der Waals surface area (Å²) in [6.45, 7) is 2.54. The standard InChI is InChI=1S/C20H20BrN3O2S/c1-14-5-11-17(12-6-14)26-13-3-4-18(25)24(2)20-23-22-19(27-20)15-7-9-16(21)10-8-15/h5-12H,3-4,13H2,1-2H3. The number of rotatable bonds is 7. The molecule has 1 amide bonds. The summed E-state index contributed by atoms with van der Waals surface area (Å²) in [6.07, 6.45) is 1.05. The molecule has 27 heavy (non-hydrogen) atoms. The van der Waals surface area contributed by atoms with Crippen LogP contribution in [0.3, 0.4) is 0 Å². The van der Waals surface area contributed by atoms with Gasteiger partial charge in [0.25, 0.3) is 0 Å². The Bertz CT molecular complexity index is 894. The minimum absolute atomic E-state index is 0.000937. The average molecular weight is 446 g/mol. The lowest BCUT2D eigenvalue weighted by molar-refractivity contribution is -0.118. The highest BCUT2D eigenvalue weighted by atomic mass is 79.9. The highest BCUT2D eigenvalue weighted by Crippen LogP contribution is 2.29. The van der Waals surface area contributed by atoms with Gasteiger partial charge in [0.05, 0.1) is 6.61 Å². The molecule has 0 saturated carbocycles. The fraction of sp³-hybridized carbons (Fsp3) is 0.250. The van der Waals surface area contributed by atoms with E-state index in [-0.39, 0.29) is 5.91 Å². The Morgan fingerprint density at radius 3 is 2.52 bits per heavy atom. The molecule has 0 saturated heterocycles. The Labute approximate surface area is 171 Å². The number of amides is 1. The third-order valence-electron chi connectivity index (χ3n) is 3.99. The molecule has 0 radical (unpaired) electrons. The van der Waals surface area contributed by atoms with Crippen LogP contribution in [0.2, 0.25) is 0 Å². The minimum atomic E-state index is 0.000937. The van der Waals surface area contributed by atoms with Crippen LogP contribution >= 0.6 is 27.3 Å². The summed E-state index contributed by atoms with van der Waals surface area (Å²) in [6, 6.07) is 15.7. The highest BCUT2D eigenvalue weighted by molar-refractivity contribution is 9.10. The van der Waals surface area contributed by atoms with Crippen LogP contribution in [0.4, 0.5) is 5.13 Å². The van der Waals surface area contributed by atoms with Crippen molar-refractivity contribution in [2.75, 3.05) is 18.6 Å². The Morgan fingerprint density at radius 2 is 1.81 bits per heavy atom. The highest BCUT2D eigenvalue weighted by Gasteiger charge is 2.16. The van der Waals surface area contributed by atoms with E-state index in [1.54, 1.807) is 11.9 Å². The lowest BCUT2D eigenvalue weighted by Crippen LogP contribution is -2.26. The number of anilines is 1. The van der Waals surface area contributed by atoms with E-state index in [2.05, 4.69) is 26.1 Å². The summed E-state index contributed by atoms with van der Waals surface area (Å²) in [5.41, 5.74) is 2.17. The fourth-order valence-electron chi connectivity index (χ4n) is 2.38. The zero-order chi connectivity index (χ0) is 19.2. The Morgan fingerprint density at radius 1 is 1.11 bits per heavy atom. The van der Waals surface area contributed by atoms with E-state index in [9.17, 15) is 4.79 Å². The largest absolute Gasteiger partial charge is 0.494 e. The number of aromatic nitrogens is 2. The zero-order valence-corrected chi connectivity index (χ0v) is 17.6. The number of benzene rings is 2. The van der Waals surface area contributed by atoms with Crippen molar-refractivity contribution in [1.82, 2.24) is 10.2 Å². The van der Waals surface area contributed by atoms with Crippen molar-refractivity contribution < 1.29 is 9.53 Å². The van der Waals surface area contributed by atoms with Gasteiger partial charge in [-0.1, -0.05) is 57.1 Å². The van der Waals surface area contributed by atoms with Crippen molar-refractivity contribution in [3.05, 3.63) is 58.6 Å². The van der Waals surface area contributed by atoms with Crippen molar-refractivity contribution in [3.63, 3.8) is 0 Å². The van der Waals surface area contributed by atoms with E-state index in [4.69, 9.17) is 4.74 Å². The predicted octanol–water partition coefficient (Wildman–Crippen LogP) is 5.10. The van der Waals surface area contributed by atoms with Crippen LogP contribution in [-0.2, 0) is 4.79 Å². The number of ether oxygens (including phenoxy) is 1. The van der Waals surface area contributed by atoms with Gasteiger partial charge in [0.15, 0.2) is 0 Å². The molecule has 140 valence electrons. The zero-order valence-electron chi connectivity index (χ0n) is 15.2.